The third-order valence-corrected chi connectivity index (χ3v) is 11.6. The first-order valence-corrected chi connectivity index (χ1v) is 17.8. The third kappa shape index (κ3) is 4.37. The molecule has 0 saturated carbocycles. The van der Waals surface area contributed by atoms with Gasteiger partial charge in [-0.2, -0.15) is 0 Å². The zero-order valence-electron chi connectivity index (χ0n) is 27.2. The third-order valence-electron chi connectivity index (χ3n) is 10.6. The maximum absolute atomic E-state index is 16.9. The van der Waals surface area contributed by atoms with E-state index >= 15 is 13.2 Å². The summed E-state index contributed by atoms with van der Waals surface area (Å²) < 4.78 is 57.7. The molecule has 8 rings (SSSR count). The van der Waals surface area contributed by atoms with Gasteiger partial charge in [-0.05, 0) is 80.5 Å². The molecule has 5 heterocycles. The smallest absolute Gasteiger partial charge is 0.339 e. The van der Waals surface area contributed by atoms with E-state index in [1.165, 1.54) is 0 Å². The number of ether oxygens (including phenoxy) is 1. The quantitative estimate of drug-likeness (QED) is 0.146. The minimum Gasteiger partial charge on any atom is -0.478 e. The Bertz CT molecular complexity index is 2100. The number of allylic oxidation sites excluding steroid dienone is 1. The lowest BCUT2D eigenvalue weighted by molar-refractivity contribution is 0.0689. The number of carboxylic acid groups (broad SMARTS) is 1. The van der Waals surface area contributed by atoms with Crippen LogP contribution in [0.5, 0.6) is 11.5 Å². The first kappa shape index (κ1) is 30.6. The Morgan fingerprint density at radius 1 is 0.979 bits per heavy atom. The molecule has 3 aromatic carbocycles. The summed E-state index contributed by atoms with van der Waals surface area (Å²) in [7, 11) is 0. The summed E-state index contributed by atoms with van der Waals surface area (Å²) >= 11 is 0.837. The molecule has 0 radical (unpaired) electrons. The van der Waals surface area contributed by atoms with Crippen LogP contribution >= 0.6 is 11.8 Å². The molecule has 9 heteroatoms. The lowest BCUT2D eigenvalue weighted by Gasteiger charge is -2.36. The molecule has 0 amide bonds. The maximum Gasteiger partial charge on any atom is 0.339 e. The minimum absolute atomic E-state index is 0.238. The monoisotopic (exact) mass is 659 g/mol. The zero-order valence-corrected chi connectivity index (χ0v) is 28.0. The van der Waals surface area contributed by atoms with E-state index in [1.54, 1.807) is 6.92 Å². The second kappa shape index (κ2) is 10.9. The first-order valence-electron chi connectivity index (χ1n) is 16.8. The number of anilines is 1. The predicted octanol–water partition coefficient (Wildman–Crippen LogP) is 6.99. The molecule has 0 saturated heterocycles. The number of aryl methyl sites for hydroxylation is 1. The molecule has 5 aliphatic rings. The molecule has 5 nitrogen and oxygen atoms in total. The van der Waals surface area contributed by atoms with Crippen molar-refractivity contribution < 1.29 is 27.8 Å². The van der Waals surface area contributed by atoms with Crippen LogP contribution in [0.3, 0.4) is 0 Å². The topological polar surface area (TPSA) is 52.8 Å². The molecule has 244 valence electrons. The highest BCUT2D eigenvalue weighted by molar-refractivity contribution is 7.99. The van der Waals surface area contributed by atoms with Gasteiger partial charge in [-0.25, -0.2) is 22.5 Å². The zero-order chi connectivity index (χ0) is 32.9. The molecular formula is C38H38F3N2O3S+. The summed E-state index contributed by atoms with van der Waals surface area (Å²) in [6.45, 7) is 10.9. The fraction of sp³-hybridized carbons (Fsp3) is 0.421. The minimum atomic E-state index is -1.71. The van der Waals surface area contributed by atoms with Crippen molar-refractivity contribution in [3.8, 4) is 11.5 Å². The van der Waals surface area contributed by atoms with Crippen LogP contribution in [-0.4, -0.2) is 42.0 Å². The van der Waals surface area contributed by atoms with Crippen LogP contribution in [0.2, 0.25) is 0 Å². The van der Waals surface area contributed by atoms with Crippen molar-refractivity contribution in [1.82, 2.24) is 4.58 Å². The van der Waals surface area contributed by atoms with Gasteiger partial charge in [0.15, 0.2) is 17.2 Å². The van der Waals surface area contributed by atoms with Crippen LogP contribution in [0, 0.1) is 17.5 Å². The van der Waals surface area contributed by atoms with E-state index in [4.69, 9.17) is 4.74 Å². The first-order chi connectivity index (χ1) is 22.5. The summed E-state index contributed by atoms with van der Waals surface area (Å²) in [5.74, 6) is -4.34. The van der Waals surface area contributed by atoms with Crippen LogP contribution in [-0.2, 0) is 19.3 Å². The van der Waals surface area contributed by atoms with Crippen LogP contribution in [0.25, 0.3) is 11.1 Å². The van der Waals surface area contributed by atoms with E-state index in [0.29, 0.717) is 22.3 Å². The van der Waals surface area contributed by atoms with E-state index < -0.39 is 39.4 Å². The summed E-state index contributed by atoms with van der Waals surface area (Å²) in [6.07, 6.45) is 8.36. The highest BCUT2D eigenvalue weighted by Gasteiger charge is 2.41. The number of thioether (sulfide) groups is 1. The Morgan fingerprint density at radius 3 is 2.51 bits per heavy atom. The Hall–Kier alpha value is -3.72. The van der Waals surface area contributed by atoms with Gasteiger partial charge in [-0.1, -0.05) is 6.92 Å². The van der Waals surface area contributed by atoms with Crippen molar-refractivity contribution in [1.29, 1.82) is 0 Å². The molecule has 0 aliphatic carbocycles. The SMILES string of the molecule is CCSc1c(F)c(F)c(C(=O)O)c(C2=c3cc4c5c(c3Oc3c2cc2c6c3CCCN6CCCC2)CCC[N+]=5C(C)(C)C=C4C)c1F. The number of aromatic carboxylic acids is 1. The molecule has 5 aliphatic heterocycles. The van der Waals surface area contributed by atoms with Crippen LogP contribution in [0.15, 0.2) is 23.1 Å². The van der Waals surface area contributed by atoms with Gasteiger partial charge in [-0.3, -0.25) is 0 Å². The summed E-state index contributed by atoms with van der Waals surface area (Å²) in [4.78, 5) is 14.7. The molecule has 0 spiro atoms. The van der Waals surface area contributed by atoms with Crippen LogP contribution < -0.4 is 24.8 Å². The lowest BCUT2D eigenvalue weighted by Crippen LogP contribution is -2.53. The maximum atomic E-state index is 16.9. The number of benzene rings is 3. The predicted molar refractivity (Wildman–Crippen MR) is 179 cm³/mol. The van der Waals surface area contributed by atoms with Crippen molar-refractivity contribution in [3.05, 3.63) is 85.2 Å². The number of hydrogen-bond donors (Lipinski definition) is 1. The Balaban J connectivity index is 1.60. The number of nitrogens with zero attached hydrogens (tertiary/aromatic N) is 2. The average molecular weight is 660 g/mol. The number of carboxylic acids is 1. The molecule has 0 aromatic heterocycles. The number of fused-ring (bicyclic) bond motifs is 4. The molecule has 0 bridgehead atoms. The van der Waals surface area contributed by atoms with E-state index in [-0.39, 0.29) is 16.9 Å². The fourth-order valence-corrected chi connectivity index (χ4v) is 9.53. The molecular weight excluding hydrogens is 621 g/mol. The van der Waals surface area contributed by atoms with Gasteiger partial charge in [0.05, 0.1) is 10.5 Å². The molecule has 1 N–H and O–H groups in total. The van der Waals surface area contributed by atoms with Gasteiger partial charge in [-0.15, -0.1) is 11.8 Å². The van der Waals surface area contributed by atoms with Crippen molar-refractivity contribution in [2.24, 2.45) is 0 Å². The van der Waals surface area contributed by atoms with Gasteiger partial charge in [0.1, 0.15) is 29.4 Å². The molecule has 47 heavy (non-hydrogen) atoms. The lowest BCUT2D eigenvalue weighted by atomic mass is 9.81. The van der Waals surface area contributed by atoms with Gasteiger partial charge >= 0.3 is 5.97 Å². The van der Waals surface area contributed by atoms with Crippen molar-refractivity contribution in [2.45, 2.75) is 83.1 Å². The second-order valence-corrected chi connectivity index (χ2v) is 15.2. The van der Waals surface area contributed by atoms with Gasteiger partial charge in [0.25, 0.3) is 0 Å². The van der Waals surface area contributed by atoms with Crippen molar-refractivity contribution in [3.63, 3.8) is 0 Å². The van der Waals surface area contributed by atoms with Crippen LogP contribution in [0.4, 0.5) is 18.9 Å². The second-order valence-electron chi connectivity index (χ2n) is 13.9. The van der Waals surface area contributed by atoms with E-state index in [9.17, 15) is 9.90 Å². The van der Waals surface area contributed by atoms with Gasteiger partial charge in [0.2, 0.25) is 5.36 Å². The number of halogens is 3. The van der Waals surface area contributed by atoms with E-state index in [0.717, 1.165) is 115 Å². The molecule has 3 aromatic rings. The largest absolute Gasteiger partial charge is 0.478 e. The number of rotatable bonds is 4. The van der Waals surface area contributed by atoms with E-state index in [2.05, 4.69) is 36.3 Å². The molecule has 0 unspecified atom stereocenters. The summed E-state index contributed by atoms with van der Waals surface area (Å²) in [5, 5.41) is 12.0. The van der Waals surface area contributed by atoms with Crippen molar-refractivity contribution >= 4 is 34.6 Å². The average Bonchev–Trinajstić information content (AvgIpc) is 3.25. The van der Waals surface area contributed by atoms with Crippen molar-refractivity contribution in [2.75, 3.05) is 30.3 Å². The van der Waals surface area contributed by atoms with Gasteiger partial charge in [0, 0.05) is 72.1 Å². The summed E-state index contributed by atoms with van der Waals surface area (Å²) in [5.41, 5.74) is 5.49. The summed E-state index contributed by atoms with van der Waals surface area (Å²) in [6, 6.07) is 3.98. The fourth-order valence-electron chi connectivity index (χ4n) is 8.79. The molecule has 0 fully saturated rings. The Labute approximate surface area is 276 Å². The number of hydrogen-bond acceptors (Lipinski definition) is 4. The standard InChI is InChI=1S/C38H37F3N2O3S/c1-5-47-36-30(40)27(28(37(44)45)29(39)31(36)41)26-24-16-20-10-6-7-13-42-14-8-11-21(32(20)42)34(24)46-35-22-12-9-15-43-33(22)23(17-25(26)35)19(2)18-38(43,3)4/h16-18H,5-15H2,1-4H3/p+1. The van der Waals surface area contributed by atoms with Gasteiger partial charge < -0.3 is 14.7 Å². The Morgan fingerprint density at radius 2 is 1.74 bits per heavy atom. The highest BCUT2D eigenvalue weighted by atomic mass is 32.2. The highest BCUT2D eigenvalue weighted by Crippen LogP contribution is 2.50. The molecule has 0 atom stereocenters. The normalized spacial score (nSPS) is 18.8. The number of carbonyl (C=O) groups is 1. The Kier molecular flexibility index (Phi) is 7.10. The van der Waals surface area contributed by atoms with E-state index in [1.807, 2.05) is 12.1 Å². The van der Waals surface area contributed by atoms with Crippen LogP contribution in [0.1, 0.15) is 97.1 Å².